The van der Waals surface area contributed by atoms with Crippen LogP contribution in [-0.4, -0.2) is 17.4 Å². The van der Waals surface area contributed by atoms with Gasteiger partial charge in [0, 0.05) is 30.2 Å². The molecule has 2 aliphatic heterocycles. The normalized spacial score (nSPS) is 26.6. The third-order valence-corrected chi connectivity index (χ3v) is 3.19. The molecule has 0 radical (unpaired) electrons. The molecule has 1 fully saturated rings. The summed E-state index contributed by atoms with van der Waals surface area (Å²) in [6.45, 7) is 2.75. The first kappa shape index (κ1) is 9.46. The highest BCUT2D eigenvalue weighted by molar-refractivity contribution is 5.83. The molecule has 3 nitrogen and oxygen atoms in total. The lowest BCUT2D eigenvalue weighted by Crippen LogP contribution is -2.23. The number of nitrogens with zero attached hydrogens (tertiary/aromatic N) is 1. The molecule has 0 spiro atoms. The van der Waals surface area contributed by atoms with Crippen LogP contribution in [0.15, 0.2) is 47.6 Å². The van der Waals surface area contributed by atoms with Gasteiger partial charge in [0.2, 0.25) is 5.91 Å². The van der Waals surface area contributed by atoms with Crippen molar-refractivity contribution in [3.8, 4) is 0 Å². The van der Waals surface area contributed by atoms with Crippen LogP contribution in [0.3, 0.4) is 0 Å². The number of hydrogen-bond acceptors (Lipinski definition) is 2. The number of carbonyl (C=O) groups is 1. The largest absolute Gasteiger partial charge is 0.465 e. The van der Waals surface area contributed by atoms with Crippen molar-refractivity contribution in [3.05, 3.63) is 47.6 Å². The highest BCUT2D eigenvalue weighted by Crippen LogP contribution is 2.38. The second-order valence-electron chi connectivity index (χ2n) is 4.12. The molecule has 1 aliphatic carbocycles. The lowest BCUT2D eigenvalue weighted by atomic mass is 9.94. The zero-order valence-corrected chi connectivity index (χ0v) is 9.14. The van der Waals surface area contributed by atoms with Gasteiger partial charge in [-0.2, -0.15) is 0 Å². The molecule has 1 saturated heterocycles. The van der Waals surface area contributed by atoms with Gasteiger partial charge in [-0.25, -0.2) is 0 Å². The lowest BCUT2D eigenvalue weighted by molar-refractivity contribution is -0.126. The van der Waals surface area contributed by atoms with Crippen molar-refractivity contribution in [2.75, 3.05) is 6.54 Å². The summed E-state index contributed by atoms with van der Waals surface area (Å²) in [6, 6.07) is 0. The first-order chi connectivity index (χ1) is 7.79. The van der Waals surface area contributed by atoms with Crippen molar-refractivity contribution in [2.24, 2.45) is 5.92 Å². The van der Waals surface area contributed by atoms with Crippen LogP contribution in [-0.2, 0) is 9.53 Å². The number of allylic oxidation sites excluding steroid dienone is 4. The minimum atomic E-state index is 0.200. The van der Waals surface area contributed by atoms with E-state index in [1.54, 1.807) is 6.26 Å². The Morgan fingerprint density at radius 3 is 3.25 bits per heavy atom. The van der Waals surface area contributed by atoms with E-state index in [9.17, 15) is 4.79 Å². The number of hydrogen-bond donors (Lipinski definition) is 0. The number of rotatable bonds is 1. The minimum absolute atomic E-state index is 0.200. The highest BCUT2D eigenvalue weighted by Gasteiger charge is 2.35. The Labute approximate surface area is 94.4 Å². The number of carbonyl (C=O) groups excluding carboxylic acids is 1. The molecule has 1 atom stereocenters. The standard InChI is InChI=1S/C13H13NO2/c1-2-14-11-6-9-4-3-5-16-12(9)7-10(11)8-13(14)15/h3-7,10H,2,8H2,1H3. The van der Waals surface area contributed by atoms with E-state index in [0.29, 0.717) is 6.42 Å². The van der Waals surface area contributed by atoms with Gasteiger partial charge < -0.3 is 9.64 Å². The van der Waals surface area contributed by atoms with Gasteiger partial charge in [0.1, 0.15) is 5.76 Å². The lowest BCUT2D eigenvalue weighted by Gasteiger charge is -2.23. The molecule has 3 heteroatoms. The maximum Gasteiger partial charge on any atom is 0.227 e. The van der Waals surface area contributed by atoms with Gasteiger partial charge in [-0.15, -0.1) is 0 Å². The van der Waals surface area contributed by atoms with Crippen LogP contribution in [0.5, 0.6) is 0 Å². The second-order valence-corrected chi connectivity index (χ2v) is 4.12. The first-order valence-electron chi connectivity index (χ1n) is 5.57. The predicted octanol–water partition coefficient (Wildman–Crippen LogP) is 2.11. The fourth-order valence-electron chi connectivity index (χ4n) is 2.44. The monoisotopic (exact) mass is 215 g/mol. The second kappa shape index (κ2) is 3.37. The number of amides is 1. The van der Waals surface area contributed by atoms with Crippen molar-refractivity contribution in [1.29, 1.82) is 0 Å². The topological polar surface area (TPSA) is 29.5 Å². The summed E-state index contributed by atoms with van der Waals surface area (Å²) in [4.78, 5) is 13.6. The fraction of sp³-hybridized carbons (Fsp3) is 0.308. The summed E-state index contributed by atoms with van der Waals surface area (Å²) in [5.41, 5.74) is 2.17. The Morgan fingerprint density at radius 2 is 2.44 bits per heavy atom. The van der Waals surface area contributed by atoms with Gasteiger partial charge in [-0.05, 0) is 31.2 Å². The molecule has 16 heavy (non-hydrogen) atoms. The Hall–Kier alpha value is -1.77. The van der Waals surface area contributed by atoms with Gasteiger partial charge in [-0.3, -0.25) is 4.79 Å². The molecule has 1 amide bonds. The third-order valence-electron chi connectivity index (χ3n) is 3.19. The molecular weight excluding hydrogens is 202 g/mol. The van der Waals surface area contributed by atoms with Gasteiger partial charge in [0.05, 0.1) is 6.26 Å². The Bertz CT molecular complexity index is 468. The maximum atomic E-state index is 11.8. The zero-order chi connectivity index (χ0) is 11.1. The minimum Gasteiger partial charge on any atom is -0.465 e. The summed E-state index contributed by atoms with van der Waals surface area (Å²) < 4.78 is 5.43. The van der Waals surface area contributed by atoms with E-state index in [1.165, 1.54) is 0 Å². The van der Waals surface area contributed by atoms with Crippen molar-refractivity contribution in [3.63, 3.8) is 0 Å². The summed E-state index contributed by atoms with van der Waals surface area (Å²) in [5, 5.41) is 0. The summed E-state index contributed by atoms with van der Waals surface area (Å²) >= 11 is 0. The predicted molar refractivity (Wildman–Crippen MR) is 60.0 cm³/mol. The first-order valence-corrected chi connectivity index (χ1v) is 5.57. The summed E-state index contributed by atoms with van der Waals surface area (Å²) in [7, 11) is 0. The van der Waals surface area contributed by atoms with Gasteiger partial charge in [0.25, 0.3) is 0 Å². The van der Waals surface area contributed by atoms with E-state index in [0.717, 1.165) is 23.6 Å². The third kappa shape index (κ3) is 1.24. The molecule has 82 valence electrons. The highest BCUT2D eigenvalue weighted by atomic mass is 16.5. The quantitative estimate of drug-likeness (QED) is 0.670. The SMILES string of the molecule is CCN1C(=O)CC2C=C3OC=CC=C3C=C21. The van der Waals surface area contributed by atoms with E-state index in [4.69, 9.17) is 4.74 Å². The average molecular weight is 215 g/mol. The number of ether oxygens (including phenoxy) is 1. The Balaban J connectivity index is 2.03. The Kier molecular flexibility index (Phi) is 1.99. The fourth-order valence-corrected chi connectivity index (χ4v) is 2.44. The van der Waals surface area contributed by atoms with Crippen molar-refractivity contribution in [1.82, 2.24) is 4.90 Å². The molecule has 0 aromatic rings. The molecule has 0 aromatic heterocycles. The van der Waals surface area contributed by atoms with Gasteiger partial charge in [0.15, 0.2) is 0 Å². The van der Waals surface area contributed by atoms with Gasteiger partial charge >= 0.3 is 0 Å². The molecule has 1 unspecified atom stereocenters. The molecule has 2 heterocycles. The van der Waals surface area contributed by atoms with E-state index >= 15 is 0 Å². The van der Waals surface area contributed by atoms with Crippen LogP contribution in [0.1, 0.15) is 13.3 Å². The zero-order valence-electron chi connectivity index (χ0n) is 9.14. The molecule has 3 rings (SSSR count). The van der Waals surface area contributed by atoms with Crippen molar-refractivity contribution < 1.29 is 9.53 Å². The van der Waals surface area contributed by atoms with Gasteiger partial charge in [-0.1, -0.05) is 0 Å². The van der Waals surface area contributed by atoms with Crippen LogP contribution in [0.2, 0.25) is 0 Å². The molecular formula is C13H13NO2. The smallest absolute Gasteiger partial charge is 0.227 e. The van der Waals surface area contributed by atoms with E-state index < -0.39 is 0 Å². The summed E-state index contributed by atoms with van der Waals surface area (Å²) in [5.74, 6) is 1.29. The summed E-state index contributed by atoms with van der Waals surface area (Å²) in [6.07, 6.45) is 10.2. The number of fused-ring (bicyclic) bond motifs is 2. The van der Waals surface area contributed by atoms with Crippen molar-refractivity contribution >= 4 is 5.91 Å². The van der Waals surface area contributed by atoms with Crippen LogP contribution >= 0.6 is 0 Å². The molecule has 0 N–H and O–H groups in total. The molecule has 0 bridgehead atoms. The maximum absolute atomic E-state index is 11.8. The molecule has 0 aromatic carbocycles. The average Bonchev–Trinajstić information content (AvgIpc) is 2.60. The van der Waals surface area contributed by atoms with Crippen LogP contribution < -0.4 is 0 Å². The van der Waals surface area contributed by atoms with Crippen LogP contribution in [0.25, 0.3) is 0 Å². The molecule has 0 saturated carbocycles. The van der Waals surface area contributed by atoms with E-state index in [-0.39, 0.29) is 11.8 Å². The number of likely N-dealkylation sites (tertiary alicyclic amines) is 1. The van der Waals surface area contributed by atoms with E-state index in [1.807, 2.05) is 24.0 Å². The Morgan fingerprint density at radius 1 is 1.56 bits per heavy atom. The van der Waals surface area contributed by atoms with Crippen LogP contribution in [0, 0.1) is 5.92 Å². The molecule has 3 aliphatic rings. The van der Waals surface area contributed by atoms with Crippen molar-refractivity contribution in [2.45, 2.75) is 13.3 Å². The van der Waals surface area contributed by atoms with E-state index in [2.05, 4.69) is 12.2 Å². The van der Waals surface area contributed by atoms with Crippen LogP contribution in [0.4, 0.5) is 0 Å².